The van der Waals surface area contributed by atoms with Gasteiger partial charge in [-0.3, -0.25) is 9.80 Å². The molecule has 2 N–H and O–H groups in total. The van der Waals surface area contributed by atoms with Crippen molar-refractivity contribution in [2.75, 3.05) is 48.3 Å². The maximum Gasteiger partial charge on any atom is 0.414 e. The molecule has 2 saturated heterocycles. The molecule has 0 bridgehead atoms. The number of amides is 1. The van der Waals surface area contributed by atoms with Gasteiger partial charge in [0.2, 0.25) is 0 Å². The summed E-state index contributed by atoms with van der Waals surface area (Å²) in [5.74, 6) is -0.343. The summed E-state index contributed by atoms with van der Waals surface area (Å²) in [4.78, 5) is 18.2. The molecule has 1 amide bonds. The fraction of sp³-hybridized carbons (Fsp3) is 0.348. The average molecular weight is 452 g/mol. The first-order valence-electron chi connectivity index (χ1n) is 11.0. The highest BCUT2D eigenvalue weighted by molar-refractivity contribution is 5.90. The third-order valence-electron chi connectivity index (χ3n) is 6.05. The lowest BCUT2D eigenvalue weighted by Gasteiger charge is -2.36. The quantitative estimate of drug-likeness (QED) is 0.575. The molecule has 0 radical (unpaired) electrons. The minimum Gasteiger partial charge on any atom is -0.442 e. The number of nitrogens with two attached hydrogens (primary N) is 1. The van der Waals surface area contributed by atoms with Crippen molar-refractivity contribution in [2.45, 2.75) is 19.2 Å². The van der Waals surface area contributed by atoms with Gasteiger partial charge in [-0.25, -0.2) is 13.9 Å². The number of cyclic esters (lactones) is 1. The van der Waals surface area contributed by atoms with E-state index in [1.807, 2.05) is 23.1 Å². The molecule has 0 spiro atoms. The number of aromatic nitrogens is 3. The summed E-state index contributed by atoms with van der Waals surface area (Å²) < 4.78 is 22.1. The first-order valence-corrected chi connectivity index (χ1v) is 11.0. The van der Waals surface area contributed by atoms with Crippen LogP contribution in [0.1, 0.15) is 5.56 Å². The molecular formula is C23H26FN7O2. The minimum absolute atomic E-state index is 0.333. The zero-order valence-electron chi connectivity index (χ0n) is 18.2. The summed E-state index contributed by atoms with van der Waals surface area (Å²) in [6.45, 7) is 4.68. The molecule has 33 heavy (non-hydrogen) atoms. The van der Waals surface area contributed by atoms with Crippen molar-refractivity contribution in [3.8, 4) is 0 Å². The topological polar surface area (TPSA) is 92.8 Å². The SMILES string of the molecule is Nc1cccc(CN2CCN(c3ccc(N4C[C@H](Cn5ccnn5)OC4=O)cc3F)CC2)c1. The van der Waals surface area contributed by atoms with E-state index >= 15 is 4.39 Å². The highest BCUT2D eigenvalue weighted by atomic mass is 19.1. The second-order valence-electron chi connectivity index (χ2n) is 8.39. The predicted octanol–water partition coefficient (Wildman–Crippen LogP) is 2.35. The first-order chi connectivity index (χ1) is 16.0. The van der Waals surface area contributed by atoms with Crippen LogP contribution in [0.3, 0.4) is 0 Å². The van der Waals surface area contributed by atoms with Crippen LogP contribution in [0.2, 0.25) is 0 Å². The van der Waals surface area contributed by atoms with E-state index in [0.717, 1.165) is 38.4 Å². The van der Waals surface area contributed by atoms with Gasteiger partial charge in [0.05, 0.1) is 30.7 Å². The number of benzene rings is 2. The van der Waals surface area contributed by atoms with Crippen LogP contribution in [0.4, 0.5) is 26.2 Å². The predicted molar refractivity (Wildman–Crippen MR) is 122 cm³/mol. The maximum atomic E-state index is 15.0. The van der Waals surface area contributed by atoms with Crippen molar-refractivity contribution < 1.29 is 13.9 Å². The first kappa shape index (κ1) is 21.2. The number of piperazine rings is 1. The zero-order valence-corrected chi connectivity index (χ0v) is 18.2. The Bertz CT molecular complexity index is 1120. The van der Waals surface area contributed by atoms with E-state index in [1.165, 1.54) is 16.5 Å². The second-order valence-corrected chi connectivity index (χ2v) is 8.39. The summed E-state index contributed by atoms with van der Waals surface area (Å²) in [5.41, 5.74) is 8.86. The van der Waals surface area contributed by atoms with Crippen LogP contribution in [0.15, 0.2) is 54.9 Å². The van der Waals surface area contributed by atoms with Crippen molar-refractivity contribution in [1.29, 1.82) is 0 Å². The van der Waals surface area contributed by atoms with Crippen LogP contribution in [0, 0.1) is 5.82 Å². The van der Waals surface area contributed by atoms with Crippen LogP contribution >= 0.6 is 0 Å². The van der Waals surface area contributed by atoms with Crippen LogP contribution < -0.4 is 15.5 Å². The summed E-state index contributed by atoms with van der Waals surface area (Å²) in [6, 6.07) is 12.8. The lowest BCUT2D eigenvalue weighted by atomic mass is 10.1. The molecule has 1 aromatic heterocycles. The van der Waals surface area contributed by atoms with Crippen molar-refractivity contribution in [1.82, 2.24) is 19.9 Å². The second kappa shape index (κ2) is 9.07. The molecule has 0 unspecified atom stereocenters. The van der Waals surface area contributed by atoms with Gasteiger partial charge < -0.3 is 15.4 Å². The van der Waals surface area contributed by atoms with E-state index in [9.17, 15) is 4.79 Å². The summed E-state index contributed by atoms with van der Waals surface area (Å²) in [5, 5.41) is 7.65. The molecule has 0 saturated carbocycles. The molecule has 3 aromatic rings. The van der Waals surface area contributed by atoms with Crippen molar-refractivity contribution >= 4 is 23.2 Å². The Morgan fingerprint density at radius 2 is 1.97 bits per heavy atom. The monoisotopic (exact) mass is 451 g/mol. The van der Waals surface area contributed by atoms with Gasteiger partial charge in [0, 0.05) is 44.6 Å². The Morgan fingerprint density at radius 1 is 1.12 bits per heavy atom. The maximum absolute atomic E-state index is 15.0. The van der Waals surface area contributed by atoms with Crippen LogP contribution in [-0.2, 0) is 17.8 Å². The zero-order chi connectivity index (χ0) is 22.8. The van der Waals surface area contributed by atoms with E-state index in [1.54, 1.807) is 29.2 Å². The molecule has 172 valence electrons. The van der Waals surface area contributed by atoms with E-state index in [4.69, 9.17) is 10.5 Å². The fourth-order valence-corrected chi connectivity index (χ4v) is 4.38. The number of anilines is 3. The normalized spacial score (nSPS) is 19.2. The molecular weight excluding hydrogens is 425 g/mol. The van der Waals surface area contributed by atoms with Gasteiger partial charge in [0.15, 0.2) is 0 Å². The van der Waals surface area contributed by atoms with Gasteiger partial charge in [-0.1, -0.05) is 17.3 Å². The molecule has 2 fully saturated rings. The highest BCUT2D eigenvalue weighted by Gasteiger charge is 2.33. The molecule has 1 atom stereocenters. The van der Waals surface area contributed by atoms with Gasteiger partial charge in [-0.05, 0) is 35.9 Å². The Labute approximate surface area is 191 Å². The smallest absolute Gasteiger partial charge is 0.414 e. The summed E-state index contributed by atoms with van der Waals surface area (Å²) in [6.07, 6.45) is 2.43. The third kappa shape index (κ3) is 4.75. The van der Waals surface area contributed by atoms with Crippen molar-refractivity contribution in [3.63, 3.8) is 0 Å². The molecule has 2 aliphatic rings. The molecule has 3 heterocycles. The molecule has 2 aliphatic heterocycles. The standard InChI is InChI=1S/C23H26FN7O2/c24-21-13-19(31-16-20(33-23(31)32)15-30-7-6-26-27-30)4-5-22(21)29-10-8-28(9-11-29)14-17-2-1-3-18(25)12-17/h1-7,12-13,20H,8-11,14-16,25H2/t20-/m0/s1. The number of carbonyl (C=O) groups excluding carboxylic acids is 1. The lowest BCUT2D eigenvalue weighted by Crippen LogP contribution is -2.46. The Morgan fingerprint density at radius 3 is 2.70 bits per heavy atom. The lowest BCUT2D eigenvalue weighted by molar-refractivity contribution is 0.129. The van der Waals surface area contributed by atoms with Gasteiger partial charge >= 0.3 is 6.09 Å². The van der Waals surface area contributed by atoms with Gasteiger partial charge in [0.25, 0.3) is 0 Å². The van der Waals surface area contributed by atoms with E-state index < -0.39 is 6.09 Å². The minimum atomic E-state index is -0.484. The van der Waals surface area contributed by atoms with Gasteiger partial charge in [-0.2, -0.15) is 0 Å². The van der Waals surface area contributed by atoms with E-state index in [2.05, 4.69) is 21.3 Å². The molecule has 5 rings (SSSR count). The Balaban J connectivity index is 1.19. The number of nitrogens with zero attached hydrogens (tertiary/aromatic N) is 6. The number of halogens is 1. The Hall–Kier alpha value is -3.66. The van der Waals surface area contributed by atoms with Crippen molar-refractivity contribution in [3.05, 3.63) is 66.2 Å². The largest absolute Gasteiger partial charge is 0.442 e. The molecule has 2 aromatic carbocycles. The average Bonchev–Trinajstić information content (AvgIpc) is 3.44. The summed E-state index contributed by atoms with van der Waals surface area (Å²) in [7, 11) is 0. The van der Waals surface area contributed by atoms with Crippen LogP contribution in [0.25, 0.3) is 0 Å². The number of carbonyl (C=O) groups is 1. The highest BCUT2D eigenvalue weighted by Crippen LogP contribution is 2.29. The number of ether oxygens (including phenoxy) is 1. The summed E-state index contributed by atoms with van der Waals surface area (Å²) >= 11 is 0. The number of nitrogen functional groups attached to an aromatic ring is 1. The fourth-order valence-electron chi connectivity index (χ4n) is 4.38. The molecule has 9 nitrogen and oxygen atoms in total. The number of hydrogen-bond donors (Lipinski definition) is 1. The van der Waals surface area contributed by atoms with E-state index in [0.29, 0.717) is 24.5 Å². The van der Waals surface area contributed by atoms with Crippen molar-refractivity contribution in [2.24, 2.45) is 0 Å². The number of rotatable bonds is 6. The molecule has 10 heteroatoms. The third-order valence-corrected chi connectivity index (χ3v) is 6.05. The van der Waals surface area contributed by atoms with Gasteiger partial charge in [0.1, 0.15) is 11.9 Å². The molecule has 0 aliphatic carbocycles. The Kier molecular flexibility index (Phi) is 5.82. The van der Waals surface area contributed by atoms with Crippen LogP contribution in [0.5, 0.6) is 0 Å². The van der Waals surface area contributed by atoms with Crippen LogP contribution in [-0.4, -0.2) is 64.8 Å². The van der Waals surface area contributed by atoms with E-state index in [-0.39, 0.29) is 11.9 Å². The van der Waals surface area contributed by atoms with Gasteiger partial charge in [-0.15, -0.1) is 5.10 Å². The number of hydrogen-bond acceptors (Lipinski definition) is 7.